The molecule has 0 unspecified atom stereocenters. The Kier molecular flexibility index (Phi) is 4.24. The number of benzene rings is 1. The van der Waals surface area contributed by atoms with E-state index in [9.17, 15) is 23.2 Å². The van der Waals surface area contributed by atoms with Crippen molar-refractivity contribution in [1.82, 2.24) is 9.55 Å². The normalized spacial score (nSPS) is 11.9. The summed E-state index contributed by atoms with van der Waals surface area (Å²) in [6.45, 7) is 3.90. The van der Waals surface area contributed by atoms with Gasteiger partial charge in [-0.2, -0.15) is 18.4 Å². The second kappa shape index (κ2) is 6.14. The van der Waals surface area contributed by atoms with Gasteiger partial charge in [-0.15, -0.1) is 11.3 Å². The van der Waals surface area contributed by atoms with Gasteiger partial charge in [0.05, 0.1) is 5.56 Å². The summed E-state index contributed by atoms with van der Waals surface area (Å²) in [5.41, 5.74) is 0.0804. The first kappa shape index (κ1) is 17.9. The van der Waals surface area contributed by atoms with Gasteiger partial charge in [0, 0.05) is 28.7 Å². The Morgan fingerprint density at radius 2 is 2.08 bits per heavy atom. The summed E-state index contributed by atoms with van der Waals surface area (Å²) in [5.74, 6) is -1.68. The van der Waals surface area contributed by atoms with Crippen LogP contribution in [0.15, 0.2) is 24.4 Å². The minimum absolute atomic E-state index is 0.0576. The second-order valence-corrected chi connectivity index (χ2v) is 6.89. The molecule has 134 valence electrons. The van der Waals surface area contributed by atoms with Gasteiger partial charge in [0.1, 0.15) is 16.0 Å². The lowest BCUT2D eigenvalue weighted by atomic mass is 10.1. The van der Waals surface area contributed by atoms with E-state index in [1.165, 1.54) is 0 Å². The molecule has 0 fully saturated rings. The molecule has 1 aromatic carbocycles. The van der Waals surface area contributed by atoms with Crippen molar-refractivity contribution in [3.05, 3.63) is 40.5 Å². The molecule has 0 aliphatic rings. The summed E-state index contributed by atoms with van der Waals surface area (Å²) >= 11 is 0.462. The minimum atomic E-state index is -4.86. The van der Waals surface area contributed by atoms with Crippen molar-refractivity contribution >= 4 is 28.2 Å². The Hall–Kier alpha value is -2.86. The van der Waals surface area contributed by atoms with Crippen LogP contribution in [0, 0.1) is 11.3 Å². The van der Waals surface area contributed by atoms with Crippen LogP contribution in [-0.4, -0.2) is 20.6 Å². The average molecular weight is 379 g/mol. The number of halogens is 3. The van der Waals surface area contributed by atoms with E-state index in [-0.39, 0.29) is 11.0 Å². The first-order valence-electron chi connectivity index (χ1n) is 7.50. The van der Waals surface area contributed by atoms with Gasteiger partial charge in [0.15, 0.2) is 5.69 Å². The molecule has 2 aromatic heterocycles. The molecule has 1 N–H and O–H groups in total. The highest BCUT2D eigenvalue weighted by Gasteiger charge is 2.39. The van der Waals surface area contributed by atoms with Crippen molar-refractivity contribution in [3.63, 3.8) is 0 Å². The third kappa shape index (κ3) is 2.93. The molecular formula is C17H12F3N3O2S. The molecule has 3 aromatic rings. The lowest BCUT2D eigenvalue weighted by molar-refractivity contribution is -0.141. The zero-order valence-electron chi connectivity index (χ0n) is 13.6. The highest BCUT2D eigenvalue weighted by atomic mass is 32.1. The summed E-state index contributed by atoms with van der Waals surface area (Å²) in [7, 11) is 0. The minimum Gasteiger partial charge on any atom is -0.477 e. The van der Waals surface area contributed by atoms with Crippen molar-refractivity contribution in [1.29, 1.82) is 5.26 Å². The Morgan fingerprint density at radius 1 is 1.38 bits per heavy atom. The molecule has 0 saturated carbocycles. The lowest BCUT2D eigenvalue weighted by Gasteiger charge is -2.09. The maximum atomic E-state index is 13.0. The summed E-state index contributed by atoms with van der Waals surface area (Å²) in [4.78, 5) is 13.8. The van der Waals surface area contributed by atoms with Crippen molar-refractivity contribution in [2.24, 2.45) is 0 Å². The predicted molar refractivity (Wildman–Crippen MR) is 90.1 cm³/mol. The molecule has 9 heteroatoms. The summed E-state index contributed by atoms with van der Waals surface area (Å²) < 4.78 is 41.0. The molecule has 0 spiro atoms. The molecule has 0 bridgehead atoms. The van der Waals surface area contributed by atoms with Crippen molar-refractivity contribution in [2.75, 3.05) is 0 Å². The Balaban J connectivity index is 2.21. The Morgan fingerprint density at radius 3 is 2.58 bits per heavy atom. The summed E-state index contributed by atoms with van der Waals surface area (Å²) in [5, 5.41) is 18.9. The van der Waals surface area contributed by atoms with Gasteiger partial charge in [0.25, 0.3) is 0 Å². The molecule has 26 heavy (non-hydrogen) atoms. The van der Waals surface area contributed by atoms with Gasteiger partial charge < -0.3 is 9.67 Å². The Labute approximate surface area is 149 Å². The molecular weight excluding hydrogens is 367 g/mol. The summed E-state index contributed by atoms with van der Waals surface area (Å²) in [6, 6.07) is 7.01. The monoisotopic (exact) mass is 379 g/mol. The predicted octanol–water partition coefficient (Wildman–Crippen LogP) is 4.93. The number of hydrogen-bond acceptors (Lipinski definition) is 4. The molecule has 3 rings (SSSR count). The third-order valence-corrected chi connectivity index (χ3v) is 4.94. The molecule has 0 radical (unpaired) electrons. The zero-order valence-corrected chi connectivity index (χ0v) is 14.4. The standard InChI is InChI=1S/C17H12F3N3O2S/c1-8(2)23-7-10(6-21)11-5-9(3-4-12(11)23)15-22-14(17(18,19)20)13(26-15)16(24)25/h3-5,7-8H,1-2H3,(H,24,25). The van der Waals surface area contributed by atoms with E-state index in [4.69, 9.17) is 5.11 Å². The van der Waals surface area contributed by atoms with Crippen LogP contribution in [0.1, 0.15) is 40.8 Å². The van der Waals surface area contributed by atoms with Crippen LogP contribution in [0.3, 0.4) is 0 Å². The topological polar surface area (TPSA) is 78.9 Å². The van der Waals surface area contributed by atoms with Crippen LogP contribution in [0.2, 0.25) is 0 Å². The van der Waals surface area contributed by atoms with E-state index in [1.807, 2.05) is 18.4 Å². The number of nitriles is 1. The Bertz CT molecular complexity index is 1060. The first-order chi connectivity index (χ1) is 12.1. The fraction of sp³-hybridized carbons (Fsp3) is 0.235. The van der Waals surface area contributed by atoms with E-state index >= 15 is 0 Å². The summed E-state index contributed by atoms with van der Waals surface area (Å²) in [6.07, 6.45) is -3.17. The number of carboxylic acid groups (broad SMARTS) is 1. The van der Waals surface area contributed by atoms with Gasteiger partial charge in [-0.1, -0.05) is 0 Å². The number of hydrogen-bond donors (Lipinski definition) is 1. The van der Waals surface area contributed by atoms with Crippen LogP contribution >= 0.6 is 11.3 Å². The van der Waals surface area contributed by atoms with Gasteiger partial charge >= 0.3 is 12.1 Å². The van der Waals surface area contributed by atoms with E-state index < -0.39 is 22.7 Å². The lowest BCUT2D eigenvalue weighted by Crippen LogP contribution is -2.11. The smallest absolute Gasteiger partial charge is 0.435 e. The highest BCUT2D eigenvalue weighted by Crippen LogP contribution is 2.38. The number of alkyl halides is 3. The number of fused-ring (bicyclic) bond motifs is 1. The fourth-order valence-corrected chi connectivity index (χ4v) is 3.61. The third-order valence-electron chi connectivity index (χ3n) is 3.85. The SMILES string of the molecule is CC(C)n1cc(C#N)c2cc(-c3nc(C(F)(F)F)c(C(=O)O)s3)ccc21. The number of carboxylic acids is 1. The number of carbonyl (C=O) groups is 1. The maximum Gasteiger partial charge on any atom is 0.435 e. The van der Waals surface area contributed by atoms with Gasteiger partial charge in [-0.05, 0) is 32.0 Å². The molecule has 0 atom stereocenters. The van der Waals surface area contributed by atoms with Crippen molar-refractivity contribution in [3.8, 4) is 16.6 Å². The highest BCUT2D eigenvalue weighted by molar-refractivity contribution is 7.17. The van der Waals surface area contributed by atoms with Crippen LogP contribution < -0.4 is 0 Å². The zero-order chi connectivity index (χ0) is 19.2. The van der Waals surface area contributed by atoms with Gasteiger partial charge in [-0.3, -0.25) is 0 Å². The molecule has 2 heterocycles. The maximum absolute atomic E-state index is 13.0. The largest absolute Gasteiger partial charge is 0.477 e. The average Bonchev–Trinajstić information content (AvgIpc) is 3.16. The number of rotatable bonds is 3. The number of aromatic nitrogens is 2. The van der Waals surface area contributed by atoms with Crippen LogP contribution in [0.25, 0.3) is 21.5 Å². The van der Waals surface area contributed by atoms with E-state index in [1.54, 1.807) is 24.4 Å². The van der Waals surface area contributed by atoms with Crippen LogP contribution in [0.5, 0.6) is 0 Å². The molecule has 0 saturated heterocycles. The quantitative estimate of drug-likeness (QED) is 0.699. The molecule has 0 aliphatic carbocycles. The molecule has 0 aliphatic heterocycles. The van der Waals surface area contributed by atoms with E-state index in [0.29, 0.717) is 27.8 Å². The van der Waals surface area contributed by atoms with E-state index in [2.05, 4.69) is 11.1 Å². The second-order valence-electron chi connectivity index (χ2n) is 5.89. The molecule has 0 amide bonds. The first-order valence-corrected chi connectivity index (χ1v) is 8.31. The van der Waals surface area contributed by atoms with E-state index in [0.717, 1.165) is 5.52 Å². The molecule has 5 nitrogen and oxygen atoms in total. The van der Waals surface area contributed by atoms with Crippen molar-refractivity contribution < 1.29 is 23.1 Å². The fourth-order valence-electron chi connectivity index (χ4n) is 2.69. The van der Waals surface area contributed by atoms with Crippen molar-refractivity contribution in [2.45, 2.75) is 26.1 Å². The van der Waals surface area contributed by atoms with Gasteiger partial charge in [0.2, 0.25) is 0 Å². The van der Waals surface area contributed by atoms with Gasteiger partial charge in [-0.25, -0.2) is 9.78 Å². The number of thiazole rings is 1. The van der Waals surface area contributed by atoms with Crippen LogP contribution in [-0.2, 0) is 6.18 Å². The van der Waals surface area contributed by atoms with Crippen LogP contribution in [0.4, 0.5) is 13.2 Å². The number of nitrogens with zero attached hydrogens (tertiary/aromatic N) is 3. The number of aromatic carboxylic acids is 1.